The van der Waals surface area contributed by atoms with E-state index >= 15 is 0 Å². The first-order chi connectivity index (χ1) is 9.85. The van der Waals surface area contributed by atoms with Crippen LogP contribution in [0.3, 0.4) is 0 Å². The highest BCUT2D eigenvalue weighted by atomic mass is 35.5. The average Bonchev–Trinajstić information content (AvgIpc) is 2.45. The molecule has 0 aromatic heterocycles. The van der Waals surface area contributed by atoms with Gasteiger partial charge in [-0.3, -0.25) is 9.59 Å². The zero-order valence-electron chi connectivity index (χ0n) is 13.3. The number of anilines is 2. The van der Waals surface area contributed by atoms with Gasteiger partial charge in [0.1, 0.15) is 6.10 Å². The van der Waals surface area contributed by atoms with Crippen molar-refractivity contribution in [1.29, 1.82) is 0 Å². The summed E-state index contributed by atoms with van der Waals surface area (Å²) in [6.07, 6.45) is -0.544. The van der Waals surface area contributed by atoms with E-state index in [2.05, 4.69) is 10.6 Å². The van der Waals surface area contributed by atoms with Crippen molar-refractivity contribution in [2.24, 2.45) is 11.7 Å². The van der Waals surface area contributed by atoms with Crippen molar-refractivity contribution >= 4 is 35.6 Å². The molecule has 124 valence electrons. The normalized spacial score (nSPS) is 13.0. The van der Waals surface area contributed by atoms with E-state index in [9.17, 15) is 9.59 Å². The minimum atomic E-state index is -0.572. The third-order valence-corrected chi connectivity index (χ3v) is 3.14. The van der Waals surface area contributed by atoms with Gasteiger partial charge in [-0.15, -0.1) is 12.4 Å². The Balaban J connectivity index is 0.00000441. The summed E-state index contributed by atoms with van der Waals surface area (Å²) < 4.78 is 4.94. The van der Waals surface area contributed by atoms with Crippen molar-refractivity contribution < 1.29 is 14.3 Å². The molecule has 0 radical (unpaired) electrons. The number of nitrogens with one attached hydrogen (secondary N) is 2. The number of ether oxygens (including phenoxy) is 1. The quantitative estimate of drug-likeness (QED) is 0.744. The molecule has 0 bridgehead atoms. The highest BCUT2D eigenvalue weighted by Crippen LogP contribution is 2.16. The maximum Gasteiger partial charge on any atom is 0.253 e. The van der Waals surface area contributed by atoms with E-state index in [1.165, 1.54) is 7.11 Å². The van der Waals surface area contributed by atoms with Crippen LogP contribution in [0.15, 0.2) is 24.3 Å². The Labute approximate surface area is 137 Å². The number of rotatable bonds is 6. The molecular formula is C15H24ClN3O3. The minimum absolute atomic E-state index is 0. The van der Waals surface area contributed by atoms with Crippen molar-refractivity contribution in [3.05, 3.63) is 24.3 Å². The molecule has 0 aliphatic rings. The van der Waals surface area contributed by atoms with E-state index in [1.54, 1.807) is 31.2 Å². The summed E-state index contributed by atoms with van der Waals surface area (Å²) in [5.74, 6) is -0.450. The zero-order chi connectivity index (χ0) is 16.0. The van der Waals surface area contributed by atoms with Gasteiger partial charge in [-0.1, -0.05) is 19.9 Å². The zero-order valence-corrected chi connectivity index (χ0v) is 14.1. The second-order valence-corrected chi connectivity index (χ2v) is 5.21. The monoisotopic (exact) mass is 329 g/mol. The number of benzene rings is 1. The fourth-order valence-corrected chi connectivity index (χ4v) is 1.55. The maximum absolute atomic E-state index is 11.9. The molecule has 0 aliphatic carbocycles. The Morgan fingerprint density at radius 2 is 1.59 bits per heavy atom. The molecule has 0 saturated heterocycles. The molecule has 4 N–H and O–H groups in total. The molecular weight excluding hydrogens is 306 g/mol. The van der Waals surface area contributed by atoms with Crippen molar-refractivity contribution in [3.8, 4) is 0 Å². The summed E-state index contributed by atoms with van der Waals surface area (Å²) in [7, 11) is 1.47. The van der Waals surface area contributed by atoms with E-state index < -0.39 is 12.1 Å². The first-order valence-electron chi connectivity index (χ1n) is 6.85. The number of hydrogen-bond donors (Lipinski definition) is 3. The molecule has 0 aliphatic heterocycles. The lowest BCUT2D eigenvalue weighted by molar-refractivity contribution is -0.124. The molecule has 1 unspecified atom stereocenters. The van der Waals surface area contributed by atoms with Crippen LogP contribution in [0.1, 0.15) is 20.8 Å². The van der Waals surface area contributed by atoms with Gasteiger partial charge in [0.2, 0.25) is 5.91 Å². The van der Waals surface area contributed by atoms with Gasteiger partial charge in [-0.2, -0.15) is 0 Å². The molecule has 2 amide bonds. The lowest BCUT2D eigenvalue weighted by atomic mass is 10.0. The number of amides is 2. The Morgan fingerprint density at radius 3 is 2.05 bits per heavy atom. The van der Waals surface area contributed by atoms with Crippen LogP contribution in [0.2, 0.25) is 0 Å². The predicted molar refractivity (Wildman–Crippen MR) is 90.2 cm³/mol. The number of nitrogens with two attached hydrogens (primary N) is 1. The highest BCUT2D eigenvalue weighted by Gasteiger charge is 2.17. The van der Waals surface area contributed by atoms with Gasteiger partial charge in [0.05, 0.1) is 6.04 Å². The van der Waals surface area contributed by atoms with Crippen LogP contribution >= 0.6 is 12.4 Å². The lowest BCUT2D eigenvalue weighted by Gasteiger charge is -2.16. The van der Waals surface area contributed by atoms with Gasteiger partial charge in [0.15, 0.2) is 0 Å². The van der Waals surface area contributed by atoms with E-state index in [-0.39, 0.29) is 30.1 Å². The smallest absolute Gasteiger partial charge is 0.253 e. The molecule has 7 heteroatoms. The fraction of sp³-hybridized carbons (Fsp3) is 0.467. The third-order valence-electron chi connectivity index (χ3n) is 3.14. The standard InChI is InChI=1S/C15H23N3O3.ClH/c1-9(2)13(16)15(20)18-12-7-5-6-11(8-12)17-14(19)10(3)21-4;/h5-10,13H,16H2,1-4H3,(H,17,19)(H,18,20);1H/t10?,13-;/m0./s1. The van der Waals surface area contributed by atoms with Crippen molar-refractivity contribution in [2.45, 2.75) is 32.9 Å². The first kappa shape index (κ1) is 20.4. The average molecular weight is 330 g/mol. The fourth-order valence-electron chi connectivity index (χ4n) is 1.55. The van der Waals surface area contributed by atoms with Crippen LogP contribution in [-0.4, -0.2) is 31.1 Å². The molecule has 6 nitrogen and oxygen atoms in total. The van der Waals surface area contributed by atoms with E-state index in [1.807, 2.05) is 13.8 Å². The van der Waals surface area contributed by atoms with Gasteiger partial charge in [-0.25, -0.2) is 0 Å². The number of carbonyl (C=O) groups is 2. The van der Waals surface area contributed by atoms with E-state index in [0.717, 1.165) is 0 Å². The van der Waals surface area contributed by atoms with Crippen molar-refractivity contribution in [3.63, 3.8) is 0 Å². The van der Waals surface area contributed by atoms with Gasteiger partial charge >= 0.3 is 0 Å². The highest BCUT2D eigenvalue weighted by molar-refractivity contribution is 5.97. The van der Waals surface area contributed by atoms with Crippen LogP contribution in [0.5, 0.6) is 0 Å². The molecule has 1 aromatic rings. The van der Waals surface area contributed by atoms with Crippen molar-refractivity contribution in [2.75, 3.05) is 17.7 Å². The molecule has 0 fully saturated rings. The molecule has 1 rings (SSSR count). The Hall–Kier alpha value is -1.63. The summed E-state index contributed by atoms with van der Waals surface area (Å²) in [5, 5.41) is 5.45. The minimum Gasteiger partial charge on any atom is -0.372 e. The number of methoxy groups -OCH3 is 1. The number of hydrogen-bond acceptors (Lipinski definition) is 4. The first-order valence-corrected chi connectivity index (χ1v) is 6.85. The molecule has 0 heterocycles. The lowest BCUT2D eigenvalue weighted by Crippen LogP contribution is -2.39. The van der Waals surface area contributed by atoms with E-state index in [4.69, 9.17) is 10.5 Å². The van der Waals surface area contributed by atoms with Gasteiger partial charge in [0.25, 0.3) is 5.91 Å². The second-order valence-electron chi connectivity index (χ2n) is 5.21. The van der Waals surface area contributed by atoms with E-state index in [0.29, 0.717) is 11.4 Å². The molecule has 0 spiro atoms. The summed E-state index contributed by atoms with van der Waals surface area (Å²) >= 11 is 0. The van der Waals surface area contributed by atoms with Gasteiger partial charge < -0.3 is 21.1 Å². The predicted octanol–water partition coefficient (Wildman–Crippen LogP) is 2.00. The Bertz CT molecular complexity index is 509. The SMILES string of the molecule is COC(C)C(=O)Nc1cccc(NC(=O)[C@@H](N)C(C)C)c1.Cl. The molecule has 1 aromatic carbocycles. The van der Waals surface area contributed by atoms with Crippen LogP contribution in [0, 0.1) is 5.92 Å². The van der Waals surface area contributed by atoms with Crippen LogP contribution in [0.4, 0.5) is 11.4 Å². The maximum atomic E-state index is 11.9. The number of carbonyl (C=O) groups excluding carboxylic acids is 2. The second kappa shape index (κ2) is 9.40. The van der Waals surface area contributed by atoms with Crippen LogP contribution < -0.4 is 16.4 Å². The summed E-state index contributed by atoms with van der Waals surface area (Å²) in [5.41, 5.74) is 6.95. The largest absolute Gasteiger partial charge is 0.372 e. The summed E-state index contributed by atoms with van der Waals surface area (Å²) in [6, 6.07) is 6.31. The van der Waals surface area contributed by atoms with Gasteiger partial charge in [-0.05, 0) is 31.0 Å². The van der Waals surface area contributed by atoms with Crippen LogP contribution in [-0.2, 0) is 14.3 Å². The Morgan fingerprint density at radius 1 is 1.09 bits per heavy atom. The topological polar surface area (TPSA) is 93.5 Å². The third kappa shape index (κ3) is 6.01. The Kier molecular flexibility index (Phi) is 8.70. The number of halogens is 1. The summed E-state index contributed by atoms with van der Waals surface area (Å²) in [4.78, 5) is 23.6. The molecule has 22 heavy (non-hydrogen) atoms. The van der Waals surface area contributed by atoms with Crippen molar-refractivity contribution in [1.82, 2.24) is 0 Å². The van der Waals surface area contributed by atoms with Gasteiger partial charge in [0, 0.05) is 18.5 Å². The molecule has 2 atom stereocenters. The summed E-state index contributed by atoms with van der Waals surface area (Å²) in [6.45, 7) is 5.42. The molecule has 0 saturated carbocycles. The van der Waals surface area contributed by atoms with Crippen LogP contribution in [0.25, 0.3) is 0 Å².